The van der Waals surface area contributed by atoms with Gasteiger partial charge in [0.2, 0.25) is 12.1 Å². The largest absolute Gasteiger partial charge is 0.519 e. The molecule has 0 aliphatic carbocycles. The fraction of sp³-hybridized carbons (Fsp3) is 0.348. The third kappa shape index (κ3) is 4.11. The van der Waals surface area contributed by atoms with Gasteiger partial charge in [0.25, 0.3) is 0 Å². The summed E-state index contributed by atoms with van der Waals surface area (Å²) in [4.78, 5) is 39.5. The van der Waals surface area contributed by atoms with Crippen molar-refractivity contribution in [2.75, 3.05) is 26.4 Å². The van der Waals surface area contributed by atoms with E-state index in [4.69, 9.17) is 9.47 Å². The minimum Gasteiger partial charge on any atom is -0.447 e. The van der Waals surface area contributed by atoms with Gasteiger partial charge in [-0.2, -0.15) is 9.28 Å². The predicted octanol–water partition coefficient (Wildman–Crippen LogP) is 2.94. The second kappa shape index (κ2) is 8.77. The van der Waals surface area contributed by atoms with E-state index in [2.05, 4.69) is 5.32 Å². The zero-order valence-electron chi connectivity index (χ0n) is 17.5. The van der Waals surface area contributed by atoms with Crippen LogP contribution >= 0.6 is 0 Å². The summed E-state index contributed by atoms with van der Waals surface area (Å²) >= 11 is 0. The first-order chi connectivity index (χ1) is 15.0. The minimum atomic E-state index is -0.643. The Bertz CT molecular complexity index is 980. The van der Waals surface area contributed by atoms with Gasteiger partial charge in [-0.15, -0.1) is 0 Å². The van der Waals surface area contributed by atoms with Crippen molar-refractivity contribution in [3.63, 3.8) is 0 Å². The number of ether oxygens (including phenoxy) is 2. The molecule has 2 aromatic carbocycles. The Morgan fingerprint density at radius 3 is 2.61 bits per heavy atom. The first-order valence-corrected chi connectivity index (χ1v) is 10.3. The highest BCUT2D eigenvalue weighted by Crippen LogP contribution is 2.40. The second-order valence-electron chi connectivity index (χ2n) is 7.82. The Morgan fingerprint density at radius 1 is 1.16 bits per heavy atom. The number of nitrogens with one attached hydrogen (secondary N) is 1. The maximum absolute atomic E-state index is 13.6. The van der Waals surface area contributed by atoms with Crippen LogP contribution in [0.15, 0.2) is 54.6 Å². The van der Waals surface area contributed by atoms with Gasteiger partial charge in [0, 0.05) is 18.9 Å². The molecule has 1 fully saturated rings. The standard InChI is InChI=1S/C23H25N3O5/c1-17(27)24-16-26(23(29)31-15-18-7-3-2-4-8-18)13-11-19-9-5-6-10-20(19)21(26)25-12-14-30-22(25)28/h2-10,21H,11-16H2,1H3/p+1. The number of carbonyl (C=O) groups is 3. The van der Waals surface area contributed by atoms with Crippen LogP contribution in [0.3, 0.4) is 0 Å². The predicted molar refractivity (Wildman–Crippen MR) is 111 cm³/mol. The normalized spacial score (nSPS) is 22.4. The Morgan fingerprint density at radius 2 is 1.90 bits per heavy atom. The molecule has 8 heteroatoms. The highest BCUT2D eigenvalue weighted by atomic mass is 16.6. The molecule has 2 atom stereocenters. The van der Waals surface area contributed by atoms with Gasteiger partial charge in [0.05, 0.1) is 13.1 Å². The molecule has 31 heavy (non-hydrogen) atoms. The molecule has 4 rings (SSSR count). The number of quaternary nitrogens is 1. The molecule has 3 amide bonds. The molecule has 2 aliphatic heterocycles. The Labute approximate surface area is 180 Å². The molecular formula is C23H26N3O5+. The Hall–Kier alpha value is -3.39. The quantitative estimate of drug-likeness (QED) is 0.746. The van der Waals surface area contributed by atoms with Crippen molar-refractivity contribution in [1.82, 2.24) is 10.2 Å². The summed E-state index contributed by atoms with van der Waals surface area (Å²) < 4.78 is 10.7. The molecular weight excluding hydrogens is 398 g/mol. The lowest BCUT2D eigenvalue weighted by Gasteiger charge is -2.46. The average molecular weight is 424 g/mol. The van der Waals surface area contributed by atoms with E-state index in [1.54, 1.807) is 4.90 Å². The minimum absolute atomic E-state index is 0.0196. The molecule has 2 unspecified atom stereocenters. The fourth-order valence-corrected chi connectivity index (χ4v) is 4.31. The Balaban J connectivity index is 1.73. The van der Waals surface area contributed by atoms with Crippen LogP contribution in [0.1, 0.15) is 29.8 Å². The SMILES string of the molecule is CC(=O)NC[N+]1(C(=O)OCc2ccccc2)CCc2ccccc2C1N1CCOC1=O. The van der Waals surface area contributed by atoms with Crippen LogP contribution in [0.2, 0.25) is 0 Å². The summed E-state index contributed by atoms with van der Waals surface area (Å²) in [5, 5.41) is 2.79. The van der Waals surface area contributed by atoms with Gasteiger partial charge in [-0.1, -0.05) is 54.6 Å². The molecule has 0 aromatic heterocycles. The first kappa shape index (κ1) is 20.9. The topological polar surface area (TPSA) is 84.9 Å². The van der Waals surface area contributed by atoms with E-state index in [-0.39, 0.29) is 30.3 Å². The van der Waals surface area contributed by atoms with Crippen LogP contribution < -0.4 is 5.32 Å². The van der Waals surface area contributed by atoms with Crippen molar-refractivity contribution in [2.45, 2.75) is 26.1 Å². The van der Waals surface area contributed by atoms with Crippen molar-refractivity contribution in [3.05, 3.63) is 71.3 Å². The van der Waals surface area contributed by atoms with Crippen LogP contribution in [0.4, 0.5) is 9.59 Å². The van der Waals surface area contributed by atoms with Crippen molar-refractivity contribution in [3.8, 4) is 0 Å². The molecule has 8 nitrogen and oxygen atoms in total. The first-order valence-electron chi connectivity index (χ1n) is 10.3. The van der Waals surface area contributed by atoms with Gasteiger partial charge in [0.1, 0.15) is 13.2 Å². The highest BCUT2D eigenvalue weighted by Gasteiger charge is 2.55. The monoisotopic (exact) mass is 424 g/mol. The van der Waals surface area contributed by atoms with Gasteiger partial charge in [-0.05, 0) is 11.1 Å². The number of hydrogen-bond donors (Lipinski definition) is 1. The van der Waals surface area contributed by atoms with E-state index in [9.17, 15) is 14.4 Å². The van der Waals surface area contributed by atoms with Crippen molar-refractivity contribution in [2.24, 2.45) is 0 Å². The molecule has 2 heterocycles. The number of nitrogens with zero attached hydrogens (tertiary/aromatic N) is 2. The van der Waals surface area contributed by atoms with E-state index in [1.807, 2.05) is 54.6 Å². The second-order valence-corrected chi connectivity index (χ2v) is 7.82. The molecule has 2 aliphatic rings. The lowest BCUT2D eigenvalue weighted by atomic mass is 9.94. The number of amides is 3. The van der Waals surface area contributed by atoms with Gasteiger partial charge >= 0.3 is 12.2 Å². The summed E-state index contributed by atoms with van der Waals surface area (Å²) in [7, 11) is 0. The lowest BCUT2D eigenvalue weighted by molar-refractivity contribution is -0.903. The lowest BCUT2D eigenvalue weighted by Crippen LogP contribution is -2.66. The van der Waals surface area contributed by atoms with Crippen molar-refractivity contribution < 1.29 is 28.3 Å². The molecule has 0 radical (unpaired) electrons. The molecule has 0 bridgehead atoms. The maximum atomic E-state index is 13.6. The number of benzene rings is 2. The summed E-state index contributed by atoms with van der Waals surface area (Å²) in [6.45, 7) is 2.55. The highest BCUT2D eigenvalue weighted by molar-refractivity contribution is 5.73. The number of hydrogen-bond acceptors (Lipinski definition) is 5. The number of carbonyl (C=O) groups excluding carboxylic acids is 3. The van der Waals surface area contributed by atoms with Crippen LogP contribution in [0.5, 0.6) is 0 Å². The van der Waals surface area contributed by atoms with Crippen LogP contribution in [0, 0.1) is 0 Å². The Kier molecular flexibility index (Phi) is 5.90. The summed E-state index contributed by atoms with van der Waals surface area (Å²) in [6.07, 6.45) is -0.981. The molecule has 162 valence electrons. The van der Waals surface area contributed by atoms with E-state index < -0.39 is 18.4 Å². The maximum Gasteiger partial charge on any atom is 0.519 e. The van der Waals surface area contributed by atoms with E-state index in [1.165, 1.54) is 6.92 Å². The zero-order valence-corrected chi connectivity index (χ0v) is 17.5. The van der Waals surface area contributed by atoms with Crippen LogP contribution in [-0.4, -0.2) is 53.8 Å². The molecule has 1 N–H and O–H groups in total. The van der Waals surface area contributed by atoms with Gasteiger partial charge in [0.15, 0.2) is 6.67 Å². The van der Waals surface area contributed by atoms with Gasteiger partial charge in [-0.25, -0.2) is 9.69 Å². The smallest absolute Gasteiger partial charge is 0.447 e. The van der Waals surface area contributed by atoms with Crippen LogP contribution in [-0.2, 0) is 27.3 Å². The van der Waals surface area contributed by atoms with Crippen molar-refractivity contribution in [1.29, 1.82) is 0 Å². The summed E-state index contributed by atoms with van der Waals surface area (Å²) in [6, 6.07) is 17.2. The van der Waals surface area contributed by atoms with Gasteiger partial charge in [-0.3, -0.25) is 4.79 Å². The van der Waals surface area contributed by atoms with E-state index in [0.29, 0.717) is 19.5 Å². The zero-order chi connectivity index (χ0) is 21.8. The number of fused-ring (bicyclic) bond motifs is 1. The third-order valence-electron chi connectivity index (χ3n) is 5.85. The fourth-order valence-electron chi connectivity index (χ4n) is 4.31. The average Bonchev–Trinajstić information content (AvgIpc) is 3.21. The van der Waals surface area contributed by atoms with Crippen molar-refractivity contribution >= 4 is 18.1 Å². The molecule has 0 spiro atoms. The summed E-state index contributed by atoms with van der Waals surface area (Å²) in [5.41, 5.74) is 2.80. The third-order valence-corrected chi connectivity index (χ3v) is 5.85. The summed E-state index contributed by atoms with van der Waals surface area (Å²) in [5.74, 6) is -0.255. The van der Waals surface area contributed by atoms with E-state index in [0.717, 1.165) is 16.7 Å². The number of rotatable bonds is 5. The molecule has 2 aromatic rings. The molecule has 1 saturated heterocycles. The van der Waals surface area contributed by atoms with Crippen LogP contribution in [0.25, 0.3) is 0 Å². The van der Waals surface area contributed by atoms with Gasteiger partial charge < -0.3 is 14.8 Å². The van der Waals surface area contributed by atoms with E-state index >= 15 is 0 Å². The molecule has 0 saturated carbocycles. The number of cyclic esters (lactones) is 1.